The SMILES string of the molecule is COc1ccccc1COC1CCN(c2nnnn2C)CC1. The van der Waals surface area contributed by atoms with Gasteiger partial charge in [-0.2, -0.15) is 0 Å². The summed E-state index contributed by atoms with van der Waals surface area (Å²) in [6, 6.07) is 7.97. The van der Waals surface area contributed by atoms with Gasteiger partial charge in [0.05, 0.1) is 19.8 Å². The summed E-state index contributed by atoms with van der Waals surface area (Å²) in [6.45, 7) is 2.40. The molecule has 2 heterocycles. The molecule has 0 radical (unpaired) electrons. The fraction of sp³-hybridized carbons (Fsp3) is 0.533. The Balaban J connectivity index is 1.51. The molecule has 1 aliphatic heterocycles. The molecule has 2 aromatic rings. The number of methoxy groups -OCH3 is 1. The molecule has 7 heteroatoms. The van der Waals surface area contributed by atoms with Crippen LogP contribution in [0, 0.1) is 0 Å². The molecule has 0 bridgehead atoms. The van der Waals surface area contributed by atoms with E-state index in [1.165, 1.54) is 0 Å². The number of aromatic nitrogens is 4. The van der Waals surface area contributed by atoms with Gasteiger partial charge in [-0.3, -0.25) is 0 Å². The number of rotatable bonds is 5. The van der Waals surface area contributed by atoms with Gasteiger partial charge in [0.2, 0.25) is 5.95 Å². The minimum absolute atomic E-state index is 0.266. The molecule has 0 aliphatic carbocycles. The molecule has 1 fully saturated rings. The lowest BCUT2D eigenvalue weighted by molar-refractivity contribution is 0.0240. The predicted octanol–water partition coefficient (Wildman–Crippen LogP) is 1.40. The summed E-state index contributed by atoms with van der Waals surface area (Å²) in [5.41, 5.74) is 1.09. The molecule has 22 heavy (non-hydrogen) atoms. The van der Waals surface area contributed by atoms with Crippen molar-refractivity contribution in [1.29, 1.82) is 0 Å². The third kappa shape index (κ3) is 3.19. The summed E-state index contributed by atoms with van der Waals surface area (Å²) < 4.78 is 13.1. The van der Waals surface area contributed by atoms with E-state index in [0.29, 0.717) is 6.61 Å². The normalized spacial score (nSPS) is 16.0. The van der Waals surface area contributed by atoms with Crippen molar-refractivity contribution in [3.8, 4) is 5.75 Å². The van der Waals surface area contributed by atoms with E-state index in [-0.39, 0.29) is 6.10 Å². The molecule has 0 N–H and O–H groups in total. The Kier molecular flexibility index (Phi) is 4.53. The standard InChI is InChI=1S/C15H21N5O2/c1-19-15(16-17-18-19)20-9-7-13(8-10-20)22-11-12-5-3-4-6-14(12)21-2/h3-6,13H,7-11H2,1-2H3. The first-order valence-corrected chi connectivity index (χ1v) is 7.48. The first-order chi connectivity index (χ1) is 10.8. The van der Waals surface area contributed by atoms with Crippen LogP contribution in [0.15, 0.2) is 24.3 Å². The number of para-hydroxylation sites is 1. The summed E-state index contributed by atoms with van der Waals surface area (Å²) in [7, 11) is 3.55. The third-order valence-electron chi connectivity index (χ3n) is 3.99. The second kappa shape index (κ2) is 6.74. The van der Waals surface area contributed by atoms with Crippen LogP contribution in [0.2, 0.25) is 0 Å². The highest BCUT2D eigenvalue weighted by Gasteiger charge is 2.23. The molecule has 1 aliphatic rings. The van der Waals surface area contributed by atoms with E-state index in [1.54, 1.807) is 11.8 Å². The Morgan fingerprint density at radius 1 is 1.23 bits per heavy atom. The van der Waals surface area contributed by atoms with Crippen LogP contribution < -0.4 is 9.64 Å². The Labute approximate surface area is 129 Å². The first kappa shape index (κ1) is 14.8. The molecule has 3 rings (SSSR count). The van der Waals surface area contributed by atoms with Crippen LogP contribution in [0.4, 0.5) is 5.95 Å². The van der Waals surface area contributed by atoms with Gasteiger partial charge < -0.3 is 14.4 Å². The van der Waals surface area contributed by atoms with Gasteiger partial charge in [-0.15, -0.1) is 0 Å². The molecule has 0 unspecified atom stereocenters. The summed E-state index contributed by atoms with van der Waals surface area (Å²) in [4.78, 5) is 2.20. The van der Waals surface area contributed by atoms with Crippen molar-refractivity contribution >= 4 is 5.95 Å². The molecular formula is C15H21N5O2. The zero-order valence-electron chi connectivity index (χ0n) is 13.0. The van der Waals surface area contributed by atoms with Gasteiger partial charge in [-0.25, -0.2) is 4.68 Å². The molecule has 0 saturated carbocycles. The molecule has 7 nitrogen and oxygen atoms in total. The maximum atomic E-state index is 6.04. The van der Waals surface area contributed by atoms with E-state index in [0.717, 1.165) is 43.2 Å². The lowest BCUT2D eigenvalue weighted by atomic mass is 10.1. The van der Waals surface area contributed by atoms with E-state index in [9.17, 15) is 0 Å². The highest BCUT2D eigenvalue weighted by Crippen LogP contribution is 2.22. The number of aryl methyl sites for hydroxylation is 1. The van der Waals surface area contributed by atoms with Crippen molar-refractivity contribution in [2.45, 2.75) is 25.6 Å². The number of hydrogen-bond donors (Lipinski definition) is 0. The van der Waals surface area contributed by atoms with Crippen molar-refractivity contribution in [3.63, 3.8) is 0 Å². The fourth-order valence-electron chi connectivity index (χ4n) is 2.74. The van der Waals surface area contributed by atoms with Crippen LogP contribution in [-0.2, 0) is 18.4 Å². The number of nitrogens with zero attached hydrogens (tertiary/aromatic N) is 5. The first-order valence-electron chi connectivity index (χ1n) is 7.48. The van der Waals surface area contributed by atoms with E-state index in [2.05, 4.69) is 20.4 Å². The van der Waals surface area contributed by atoms with E-state index < -0.39 is 0 Å². The van der Waals surface area contributed by atoms with Gasteiger partial charge in [0.1, 0.15) is 5.75 Å². The highest BCUT2D eigenvalue weighted by molar-refractivity contribution is 5.32. The Morgan fingerprint density at radius 2 is 2.00 bits per heavy atom. The van der Waals surface area contributed by atoms with Crippen LogP contribution in [0.25, 0.3) is 0 Å². The number of piperidine rings is 1. The van der Waals surface area contributed by atoms with Gasteiger partial charge in [0.25, 0.3) is 0 Å². The van der Waals surface area contributed by atoms with Crippen LogP contribution in [-0.4, -0.2) is 46.5 Å². The molecule has 0 amide bonds. The molecular weight excluding hydrogens is 282 g/mol. The molecule has 1 aromatic carbocycles. The molecule has 0 spiro atoms. The Bertz CT molecular complexity index is 607. The van der Waals surface area contributed by atoms with E-state index in [1.807, 2.05) is 31.3 Å². The average Bonchev–Trinajstić information content (AvgIpc) is 3.00. The minimum Gasteiger partial charge on any atom is -0.496 e. The van der Waals surface area contributed by atoms with Gasteiger partial charge in [-0.05, 0) is 29.3 Å². The quantitative estimate of drug-likeness (QED) is 0.832. The van der Waals surface area contributed by atoms with Gasteiger partial charge in [-0.1, -0.05) is 23.3 Å². The third-order valence-corrected chi connectivity index (χ3v) is 3.99. The van der Waals surface area contributed by atoms with Crippen LogP contribution >= 0.6 is 0 Å². The van der Waals surface area contributed by atoms with Crippen LogP contribution in [0.1, 0.15) is 18.4 Å². The van der Waals surface area contributed by atoms with Crippen molar-refractivity contribution in [1.82, 2.24) is 20.2 Å². The monoisotopic (exact) mass is 303 g/mol. The summed E-state index contributed by atoms with van der Waals surface area (Å²) >= 11 is 0. The largest absolute Gasteiger partial charge is 0.496 e. The molecule has 118 valence electrons. The molecule has 0 atom stereocenters. The predicted molar refractivity (Wildman–Crippen MR) is 81.8 cm³/mol. The number of ether oxygens (including phenoxy) is 2. The number of tetrazole rings is 1. The zero-order chi connectivity index (χ0) is 15.4. The van der Waals surface area contributed by atoms with Gasteiger partial charge in [0, 0.05) is 25.7 Å². The number of benzene rings is 1. The number of hydrogen-bond acceptors (Lipinski definition) is 6. The second-order valence-corrected chi connectivity index (χ2v) is 5.41. The fourth-order valence-corrected chi connectivity index (χ4v) is 2.74. The lowest BCUT2D eigenvalue weighted by Gasteiger charge is -2.31. The number of anilines is 1. The zero-order valence-corrected chi connectivity index (χ0v) is 13.0. The van der Waals surface area contributed by atoms with Crippen molar-refractivity contribution in [2.24, 2.45) is 7.05 Å². The highest BCUT2D eigenvalue weighted by atomic mass is 16.5. The molecule has 1 aromatic heterocycles. The molecule has 1 saturated heterocycles. The Hall–Kier alpha value is -2.15. The summed E-state index contributed by atoms with van der Waals surface area (Å²) in [5, 5.41) is 11.6. The van der Waals surface area contributed by atoms with Gasteiger partial charge >= 0.3 is 0 Å². The maximum Gasteiger partial charge on any atom is 0.245 e. The maximum absolute atomic E-state index is 6.04. The van der Waals surface area contributed by atoms with Gasteiger partial charge in [0.15, 0.2) is 0 Å². The van der Waals surface area contributed by atoms with Crippen molar-refractivity contribution in [3.05, 3.63) is 29.8 Å². The summed E-state index contributed by atoms with van der Waals surface area (Å²) in [6.07, 6.45) is 2.21. The lowest BCUT2D eigenvalue weighted by Crippen LogP contribution is -2.38. The topological polar surface area (TPSA) is 65.3 Å². The van der Waals surface area contributed by atoms with Crippen LogP contribution in [0.5, 0.6) is 5.75 Å². The van der Waals surface area contributed by atoms with Crippen molar-refractivity contribution < 1.29 is 9.47 Å². The van der Waals surface area contributed by atoms with E-state index >= 15 is 0 Å². The van der Waals surface area contributed by atoms with Crippen molar-refractivity contribution in [2.75, 3.05) is 25.1 Å². The average molecular weight is 303 g/mol. The Morgan fingerprint density at radius 3 is 2.68 bits per heavy atom. The second-order valence-electron chi connectivity index (χ2n) is 5.41. The smallest absolute Gasteiger partial charge is 0.245 e. The summed E-state index contributed by atoms with van der Waals surface area (Å²) in [5.74, 6) is 1.70. The minimum atomic E-state index is 0.266. The van der Waals surface area contributed by atoms with Crippen LogP contribution in [0.3, 0.4) is 0 Å². The van der Waals surface area contributed by atoms with E-state index in [4.69, 9.17) is 9.47 Å².